The van der Waals surface area contributed by atoms with E-state index >= 15 is 0 Å². The van der Waals surface area contributed by atoms with Crippen molar-refractivity contribution in [3.63, 3.8) is 0 Å². The fourth-order valence-electron chi connectivity index (χ4n) is 2.85. The summed E-state index contributed by atoms with van der Waals surface area (Å²) in [6, 6.07) is 9.68. The molecule has 1 aromatic carbocycles. The molecule has 2 aromatic heterocycles. The van der Waals surface area contributed by atoms with E-state index in [1.807, 2.05) is 36.6 Å². The average Bonchev–Trinajstić information content (AvgIpc) is 3.14. The standard InChI is InChI=1S/C20H19N3O3S/c1-14-2-4-16(5-3-14)26-12-19-22-15(13-27-19)10-20(24)23-8-9-25-18-6-7-21-11-17(18)23/h2-7,11,13H,8-10,12H2,1H3. The summed E-state index contributed by atoms with van der Waals surface area (Å²) < 4.78 is 11.3. The first-order chi connectivity index (χ1) is 13.2. The van der Waals surface area contributed by atoms with E-state index < -0.39 is 0 Å². The number of nitrogens with zero attached hydrogens (tertiary/aromatic N) is 3. The van der Waals surface area contributed by atoms with Gasteiger partial charge in [-0.05, 0) is 19.1 Å². The molecule has 1 aliphatic rings. The highest BCUT2D eigenvalue weighted by Crippen LogP contribution is 2.30. The Kier molecular flexibility index (Phi) is 5.02. The van der Waals surface area contributed by atoms with Crippen molar-refractivity contribution < 1.29 is 14.3 Å². The van der Waals surface area contributed by atoms with E-state index in [0.717, 1.165) is 16.5 Å². The number of carbonyl (C=O) groups is 1. The van der Waals surface area contributed by atoms with Crippen molar-refractivity contribution in [1.29, 1.82) is 0 Å². The molecule has 0 bridgehead atoms. The highest BCUT2D eigenvalue weighted by Gasteiger charge is 2.24. The Labute approximate surface area is 161 Å². The SMILES string of the molecule is Cc1ccc(OCc2nc(CC(=O)N3CCOc4ccncc43)cs2)cc1. The lowest BCUT2D eigenvalue weighted by Crippen LogP contribution is -2.39. The van der Waals surface area contributed by atoms with E-state index in [0.29, 0.717) is 31.2 Å². The average molecular weight is 381 g/mol. The van der Waals surface area contributed by atoms with E-state index in [-0.39, 0.29) is 12.3 Å². The molecule has 0 N–H and O–H groups in total. The summed E-state index contributed by atoms with van der Waals surface area (Å²) in [6.45, 7) is 3.43. The number of fused-ring (bicyclic) bond motifs is 1. The van der Waals surface area contributed by atoms with Crippen LogP contribution in [0.25, 0.3) is 0 Å². The molecule has 0 spiro atoms. The van der Waals surface area contributed by atoms with Gasteiger partial charge in [0.15, 0.2) is 0 Å². The van der Waals surface area contributed by atoms with Gasteiger partial charge in [0, 0.05) is 17.6 Å². The predicted molar refractivity (Wildman–Crippen MR) is 103 cm³/mol. The van der Waals surface area contributed by atoms with Crippen molar-refractivity contribution in [1.82, 2.24) is 9.97 Å². The van der Waals surface area contributed by atoms with Crippen LogP contribution in [0.15, 0.2) is 48.1 Å². The summed E-state index contributed by atoms with van der Waals surface area (Å²) in [5.41, 5.74) is 2.66. The first kappa shape index (κ1) is 17.5. The molecule has 138 valence electrons. The van der Waals surface area contributed by atoms with Gasteiger partial charge in [-0.25, -0.2) is 4.98 Å². The fourth-order valence-corrected chi connectivity index (χ4v) is 3.56. The smallest absolute Gasteiger partial charge is 0.233 e. The van der Waals surface area contributed by atoms with Crippen LogP contribution >= 0.6 is 11.3 Å². The van der Waals surface area contributed by atoms with E-state index in [1.165, 1.54) is 16.9 Å². The van der Waals surface area contributed by atoms with Crippen LogP contribution in [0.4, 0.5) is 5.69 Å². The number of anilines is 1. The minimum absolute atomic E-state index is 0.0103. The minimum Gasteiger partial charge on any atom is -0.489 e. The minimum atomic E-state index is -0.0103. The molecule has 7 heteroatoms. The maximum absolute atomic E-state index is 12.7. The van der Waals surface area contributed by atoms with Crippen molar-refractivity contribution in [3.8, 4) is 11.5 Å². The summed E-state index contributed by atoms with van der Waals surface area (Å²) in [4.78, 5) is 23.1. The second kappa shape index (κ2) is 7.75. The summed E-state index contributed by atoms with van der Waals surface area (Å²) in [6.07, 6.45) is 3.57. The van der Waals surface area contributed by atoms with Crippen molar-refractivity contribution in [2.24, 2.45) is 0 Å². The molecule has 6 nitrogen and oxygen atoms in total. The van der Waals surface area contributed by atoms with Crippen molar-refractivity contribution in [3.05, 3.63) is 64.4 Å². The van der Waals surface area contributed by atoms with Crippen LogP contribution in [0.3, 0.4) is 0 Å². The van der Waals surface area contributed by atoms with Gasteiger partial charge in [0.05, 0.1) is 24.9 Å². The predicted octanol–water partition coefficient (Wildman–Crippen LogP) is 3.39. The Hall–Kier alpha value is -2.93. The van der Waals surface area contributed by atoms with Gasteiger partial charge >= 0.3 is 0 Å². The number of benzene rings is 1. The fraction of sp³-hybridized carbons (Fsp3) is 0.250. The van der Waals surface area contributed by atoms with Gasteiger partial charge in [0.2, 0.25) is 5.91 Å². The third-order valence-corrected chi connectivity index (χ3v) is 5.11. The first-order valence-corrected chi connectivity index (χ1v) is 9.57. The highest BCUT2D eigenvalue weighted by atomic mass is 32.1. The van der Waals surface area contributed by atoms with Crippen molar-refractivity contribution in [2.75, 3.05) is 18.1 Å². The summed E-state index contributed by atoms with van der Waals surface area (Å²) >= 11 is 1.50. The zero-order valence-corrected chi connectivity index (χ0v) is 15.7. The Morgan fingerprint density at radius 3 is 3.00 bits per heavy atom. The highest BCUT2D eigenvalue weighted by molar-refractivity contribution is 7.09. The molecule has 0 fully saturated rings. The zero-order valence-electron chi connectivity index (χ0n) is 14.9. The molecule has 0 atom stereocenters. The lowest BCUT2D eigenvalue weighted by atomic mass is 10.2. The van der Waals surface area contributed by atoms with E-state index in [9.17, 15) is 4.79 Å². The number of thiazole rings is 1. The molecule has 1 aliphatic heterocycles. The number of hydrogen-bond donors (Lipinski definition) is 0. The molecule has 3 heterocycles. The maximum atomic E-state index is 12.7. The van der Waals surface area contributed by atoms with Gasteiger partial charge in [-0.15, -0.1) is 11.3 Å². The van der Waals surface area contributed by atoms with Gasteiger partial charge in [-0.1, -0.05) is 17.7 Å². The maximum Gasteiger partial charge on any atom is 0.233 e. The Balaban J connectivity index is 1.38. The number of hydrogen-bond acceptors (Lipinski definition) is 6. The molecule has 0 unspecified atom stereocenters. The summed E-state index contributed by atoms with van der Waals surface area (Å²) in [7, 11) is 0. The number of amides is 1. The van der Waals surface area contributed by atoms with E-state index in [4.69, 9.17) is 9.47 Å². The Morgan fingerprint density at radius 2 is 2.15 bits per heavy atom. The van der Waals surface area contributed by atoms with Gasteiger partial charge in [0.1, 0.15) is 35.4 Å². The second-order valence-electron chi connectivity index (χ2n) is 6.25. The summed E-state index contributed by atoms with van der Waals surface area (Å²) in [5, 5.41) is 2.76. The second-order valence-corrected chi connectivity index (χ2v) is 7.19. The number of aromatic nitrogens is 2. The van der Waals surface area contributed by atoms with Gasteiger partial charge in [-0.3, -0.25) is 9.78 Å². The molecule has 4 rings (SSSR count). The topological polar surface area (TPSA) is 64.5 Å². The number of aryl methyl sites for hydroxylation is 1. The molecular formula is C20H19N3O3S. The van der Waals surface area contributed by atoms with E-state index in [1.54, 1.807) is 23.4 Å². The molecule has 0 radical (unpaired) electrons. The third kappa shape index (κ3) is 4.09. The Morgan fingerprint density at radius 1 is 1.30 bits per heavy atom. The lowest BCUT2D eigenvalue weighted by Gasteiger charge is -2.28. The van der Waals surface area contributed by atoms with Crippen molar-refractivity contribution >= 4 is 22.9 Å². The van der Waals surface area contributed by atoms with Crippen LogP contribution in [0.5, 0.6) is 11.5 Å². The van der Waals surface area contributed by atoms with Gasteiger partial charge in [0.25, 0.3) is 0 Å². The molecular weight excluding hydrogens is 362 g/mol. The molecule has 1 amide bonds. The van der Waals surface area contributed by atoms with Crippen LogP contribution in [-0.4, -0.2) is 29.0 Å². The number of rotatable bonds is 5. The van der Waals surface area contributed by atoms with Crippen LogP contribution < -0.4 is 14.4 Å². The van der Waals surface area contributed by atoms with Crippen molar-refractivity contribution in [2.45, 2.75) is 20.0 Å². The third-order valence-electron chi connectivity index (χ3n) is 4.24. The van der Waals surface area contributed by atoms with Crippen LogP contribution in [0, 0.1) is 6.92 Å². The van der Waals surface area contributed by atoms with Gasteiger partial charge < -0.3 is 14.4 Å². The largest absolute Gasteiger partial charge is 0.489 e. The first-order valence-electron chi connectivity index (χ1n) is 8.69. The number of ether oxygens (including phenoxy) is 2. The number of pyridine rings is 1. The summed E-state index contributed by atoms with van der Waals surface area (Å²) in [5.74, 6) is 1.49. The normalized spacial score (nSPS) is 13.0. The molecule has 0 saturated heterocycles. The van der Waals surface area contributed by atoms with E-state index in [2.05, 4.69) is 9.97 Å². The molecule has 0 saturated carbocycles. The molecule has 3 aromatic rings. The molecule has 27 heavy (non-hydrogen) atoms. The monoisotopic (exact) mass is 381 g/mol. The van der Waals surface area contributed by atoms with Crippen LogP contribution in [-0.2, 0) is 17.8 Å². The van der Waals surface area contributed by atoms with Crippen LogP contribution in [0.2, 0.25) is 0 Å². The molecule has 0 aliphatic carbocycles. The quantitative estimate of drug-likeness (QED) is 0.678. The Bertz CT molecular complexity index is 940. The number of carbonyl (C=O) groups excluding carboxylic acids is 1. The lowest BCUT2D eigenvalue weighted by molar-refractivity contribution is -0.118. The zero-order chi connectivity index (χ0) is 18.6. The van der Waals surface area contributed by atoms with Gasteiger partial charge in [-0.2, -0.15) is 0 Å². The van der Waals surface area contributed by atoms with Crippen LogP contribution in [0.1, 0.15) is 16.3 Å².